The van der Waals surface area contributed by atoms with Crippen LogP contribution >= 0.6 is 0 Å². The van der Waals surface area contributed by atoms with Gasteiger partial charge in [0.15, 0.2) is 5.78 Å². The van der Waals surface area contributed by atoms with Crippen molar-refractivity contribution in [3.8, 4) is 0 Å². The Labute approximate surface area is 107 Å². The Morgan fingerprint density at radius 3 is 2.61 bits per heavy atom. The molecule has 0 unspecified atom stereocenters. The molecule has 2 N–H and O–H groups in total. The van der Waals surface area contributed by atoms with Gasteiger partial charge < -0.3 is 10.2 Å². The lowest BCUT2D eigenvalue weighted by Crippen LogP contribution is -2.38. The first kappa shape index (κ1) is 13.0. The normalized spacial score (nSPS) is 26.7. The minimum absolute atomic E-state index is 0.0825. The Kier molecular flexibility index (Phi) is 3.64. The molecule has 0 aliphatic heterocycles. The minimum Gasteiger partial charge on any atom is -0.389 e. The summed E-state index contributed by atoms with van der Waals surface area (Å²) in [5, 5.41) is 20.1. The first-order chi connectivity index (χ1) is 8.52. The Morgan fingerprint density at radius 2 is 1.94 bits per heavy atom. The molecule has 0 radical (unpaired) electrons. The summed E-state index contributed by atoms with van der Waals surface area (Å²) in [6.45, 7) is 3.90. The first-order valence-corrected chi connectivity index (χ1v) is 6.15. The average molecular weight is 246 g/mol. The van der Waals surface area contributed by atoms with Crippen molar-refractivity contribution in [1.82, 2.24) is 0 Å². The summed E-state index contributed by atoms with van der Waals surface area (Å²) in [6.07, 6.45) is 0.387. The van der Waals surface area contributed by atoms with E-state index in [0.717, 1.165) is 5.57 Å². The molecule has 1 aliphatic rings. The first-order valence-electron chi connectivity index (χ1n) is 6.15. The van der Waals surface area contributed by atoms with Crippen LogP contribution in [0, 0.1) is 5.92 Å². The fraction of sp³-hybridized carbons (Fsp3) is 0.400. The van der Waals surface area contributed by atoms with Crippen molar-refractivity contribution >= 4 is 5.78 Å². The average Bonchev–Trinajstić information content (AvgIpc) is 2.36. The van der Waals surface area contributed by atoms with Crippen molar-refractivity contribution in [2.75, 3.05) is 0 Å². The molecule has 3 heteroatoms. The molecule has 96 valence electrons. The summed E-state index contributed by atoms with van der Waals surface area (Å²) in [5.41, 5.74) is 2.16. The molecule has 0 saturated heterocycles. The highest BCUT2D eigenvalue weighted by molar-refractivity contribution is 6.01. The topological polar surface area (TPSA) is 57.5 Å². The van der Waals surface area contributed by atoms with E-state index in [9.17, 15) is 15.0 Å². The second kappa shape index (κ2) is 5.04. The SMILES string of the molecule is CC(C)=CC[C@@H]1C(=O)c2ccccc2[C@@H](O)[C@@H]1O. The van der Waals surface area contributed by atoms with E-state index in [1.807, 2.05) is 19.9 Å². The van der Waals surface area contributed by atoms with Crippen molar-refractivity contribution in [3.63, 3.8) is 0 Å². The summed E-state index contributed by atoms with van der Waals surface area (Å²) in [5.74, 6) is -0.634. The van der Waals surface area contributed by atoms with E-state index in [0.29, 0.717) is 17.5 Å². The number of allylic oxidation sites excluding steroid dienone is 2. The third-order valence-electron chi connectivity index (χ3n) is 3.40. The van der Waals surface area contributed by atoms with Crippen LogP contribution in [-0.4, -0.2) is 22.1 Å². The Hall–Kier alpha value is -1.45. The van der Waals surface area contributed by atoms with E-state index in [-0.39, 0.29) is 5.78 Å². The van der Waals surface area contributed by atoms with Crippen LogP contribution in [0.15, 0.2) is 35.9 Å². The fourth-order valence-corrected chi connectivity index (χ4v) is 2.35. The number of aliphatic hydroxyl groups excluding tert-OH is 2. The summed E-state index contributed by atoms with van der Waals surface area (Å²) in [6, 6.07) is 6.94. The fourth-order valence-electron chi connectivity index (χ4n) is 2.35. The largest absolute Gasteiger partial charge is 0.389 e. The predicted octanol–water partition coefficient (Wildman–Crippen LogP) is 2.25. The van der Waals surface area contributed by atoms with E-state index in [2.05, 4.69) is 0 Å². The number of hydrogen-bond acceptors (Lipinski definition) is 3. The molecule has 0 fully saturated rings. The Balaban J connectivity index is 2.36. The highest BCUT2D eigenvalue weighted by Gasteiger charge is 2.39. The number of fused-ring (bicyclic) bond motifs is 1. The quantitative estimate of drug-likeness (QED) is 0.787. The maximum Gasteiger partial charge on any atom is 0.169 e. The minimum atomic E-state index is -1.03. The molecule has 0 heterocycles. The standard InChI is InChI=1S/C15H18O3/c1-9(2)7-8-12-13(16)10-5-3-4-6-11(10)14(17)15(12)18/h3-7,12,14-15,17-18H,8H2,1-2H3/t12-,14-,15-/m1/s1. The summed E-state index contributed by atoms with van der Waals surface area (Å²) < 4.78 is 0. The maximum absolute atomic E-state index is 12.3. The number of carbonyl (C=O) groups is 1. The molecule has 1 aliphatic carbocycles. The summed E-state index contributed by atoms with van der Waals surface area (Å²) in [7, 11) is 0. The van der Waals surface area contributed by atoms with Gasteiger partial charge in [-0.25, -0.2) is 0 Å². The van der Waals surface area contributed by atoms with E-state index < -0.39 is 18.1 Å². The van der Waals surface area contributed by atoms with Gasteiger partial charge in [0.25, 0.3) is 0 Å². The number of aliphatic hydroxyl groups is 2. The number of rotatable bonds is 2. The molecule has 0 spiro atoms. The highest BCUT2D eigenvalue weighted by Crippen LogP contribution is 2.35. The zero-order valence-corrected chi connectivity index (χ0v) is 10.6. The molecule has 0 amide bonds. The van der Waals surface area contributed by atoms with Gasteiger partial charge in [-0.2, -0.15) is 0 Å². The van der Waals surface area contributed by atoms with Crippen LogP contribution in [0.4, 0.5) is 0 Å². The number of benzene rings is 1. The molecule has 3 nitrogen and oxygen atoms in total. The zero-order valence-electron chi connectivity index (χ0n) is 10.6. The smallest absolute Gasteiger partial charge is 0.169 e. The Morgan fingerprint density at radius 1 is 1.28 bits per heavy atom. The third-order valence-corrected chi connectivity index (χ3v) is 3.40. The zero-order chi connectivity index (χ0) is 13.3. The molecule has 3 atom stereocenters. The second-order valence-corrected chi connectivity index (χ2v) is 5.01. The monoisotopic (exact) mass is 246 g/mol. The number of ketones is 1. The van der Waals surface area contributed by atoms with E-state index in [1.165, 1.54) is 0 Å². The maximum atomic E-state index is 12.3. The van der Waals surface area contributed by atoms with Crippen molar-refractivity contribution in [2.45, 2.75) is 32.5 Å². The van der Waals surface area contributed by atoms with Crippen LogP contribution in [0.5, 0.6) is 0 Å². The molecule has 0 aromatic heterocycles. The van der Waals surface area contributed by atoms with E-state index >= 15 is 0 Å². The predicted molar refractivity (Wildman–Crippen MR) is 69.3 cm³/mol. The molecule has 0 saturated carbocycles. The molecular weight excluding hydrogens is 228 g/mol. The molecule has 1 aromatic rings. The molecular formula is C15H18O3. The highest BCUT2D eigenvalue weighted by atomic mass is 16.3. The van der Waals surface area contributed by atoms with Crippen LogP contribution in [0.1, 0.15) is 42.3 Å². The van der Waals surface area contributed by atoms with Crippen molar-refractivity contribution in [1.29, 1.82) is 0 Å². The second-order valence-electron chi connectivity index (χ2n) is 5.01. The van der Waals surface area contributed by atoms with Crippen molar-refractivity contribution < 1.29 is 15.0 Å². The van der Waals surface area contributed by atoms with Gasteiger partial charge >= 0.3 is 0 Å². The van der Waals surface area contributed by atoms with Crippen LogP contribution in [0.3, 0.4) is 0 Å². The lowest BCUT2D eigenvalue weighted by molar-refractivity contribution is -0.0191. The van der Waals surface area contributed by atoms with Gasteiger partial charge in [-0.05, 0) is 25.8 Å². The van der Waals surface area contributed by atoms with Gasteiger partial charge in [-0.3, -0.25) is 4.79 Å². The number of hydrogen-bond donors (Lipinski definition) is 2. The molecule has 1 aromatic carbocycles. The van der Waals surface area contributed by atoms with Gasteiger partial charge in [0, 0.05) is 5.56 Å². The molecule has 18 heavy (non-hydrogen) atoms. The van der Waals surface area contributed by atoms with E-state index in [4.69, 9.17) is 0 Å². The van der Waals surface area contributed by atoms with Crippen LogP contribution in [0.25, 0.3) is 0 Å². The molecule has 2 rings (SSSR count). The summed E-state index contributed by atoms with van der Waals surface area (Å²) in [4.78, 5) is 12.3. The lowest BCUT2D eigenvalue weighted by atomic mass is 9.77. The van der Waals surface area contributed by atoms with Gasteiger partial charge in [0.05, 0.1) is 12.0 Å². The van der Waals surface area contributed by atoms with Crippen LogP contribution in [-0.2, 0) is 0 Å². The third kappa shape index (κ3) is 2.24. The summed E-state index contributed by atoms with van der Waals surface area (Å²) >= 11 is 0. The van der Waals surface area contributed by atoms with Gasteiger partial charge in [0.1, 0.15) is 6.10 Å². The Bertz CT molecular complexity index is 486. The van der Waals surface area contributed by atoms with Crippen molar-refractivity contribution in [3.05, 3.63) is 47.0 Å². The van der Waals surface area contributed by atoms with E-state index in [1.54, 1.807) is 24.3 Å². The van der Waals surface area contributed by atoms with Crippen LogP contribution in [0.2, 0.25) is 0 Å². The van der Waals surface area contributed by atoms with Crippen molar-refractivity contribution in [2.24, 2.45) is 5.92 Å². The molecule has 0 bridgehead atoms. The lowest BCUT2D eigenvalue weighted by Gasteiger charge is -2.32. The van der Waals surface area contributed by atoms with Gasteiger partial charge in [0.2, 0.25) is 0 Å². The number of Topliss-reactive ketones (excluding diaryl/α,β-unsaturated/α-hetero) is 1. The van der Waals surface area contributed by atoms with Gasteiger partial charge in [-0.15, -0.1) is 0 Å². The number of carbonyl (C=O) groups excluding carboxylic acids is 1. The van der Waals surface area contributed by atoms with Crippen LogP contribution < -0.4 is 0 Å². The van der Waals surface area contributed by atoms with Gasteiger partial charge in [-0.1, -0.05) is 35.9 Å².